The maximum atomic E-state index is 11.9. The van der Waals surface area contributed by atoms with Gasteiger partial charge in [0.1, 0.15) is 6.10 Å². The third kappa shape index (κ3) is 6.82. The Kier molecular flexibility index (Phi) is 9.19. The Labute approximate surface area is 156 Å². The second-order valence-corrected chi connectivity index (χ2v) is 6.62. The van der Waals surface area contributed by atoms with E-state index in [-0.39, 0.29) is 42.1 Å². The Morgan fingerprint density at radius 2 is 1.83 bits per heavy atom. The minimum Gasteiger partial charge on any atom is -0.370 e. The van der Waals surface area contributed by atoms with Crippen LogP contribution < -0.4 is 11.1 Å². The zero-order valence-electron chi connectivity index (χ0n) is 14.3. The van der Waals surface area contributed by atoms with Crippen molar-refractivity contribution in [2.75, 3.05) is 20.6 Å². The predicted octanol–water partition coefficient (Wildman–Crippen LogP) is 1.87. The number of hydrogen-bond donors (Lipinski definition) is 2. The number of nitrogens with two attached hydrogens (primary N) is 1. The average molecular weight is 438 g/mol. The molecule has 3 N–H and O–H groups in total. The van der Waals surface area contributed by atoms with Gasteiger partial charge in [-0.3, -0.25) is 9.79 Å². The van der Waals surface area contributed by atoms with E-state index in [4.69, 9.17) is 10.5 Å². The summed E-state index contributed by atoms with van der Waals surface area (Å²) < 4.78 is 5.76. The number of ether oxygens (including phenoxy) is 1. The molecule has 6 nitrogen and oxygen atoms in total. The van der Waals surface area contributed by atoms with Gasteiger partial charge < -0.3 is 20.7 Å². The maximum absolute atomic E-state index is 11.9. The van der Waals surface area contributed by atoms with Crippen molar-refractivity contribution in [3.8, 4) is 0 Å². The molecule has 0 spiro atoms. The third-order valence-electron chi connectivity index (χ3n) is 4.50. The highest BCUT2D eigenvalue weighted by Gasteiger charge is 2.31. The fourth-order valence-corrected chi connectivity index (χ4v) is 3.19. The normalized spacial score (nSPS) is 26.3. The number of hydrogen-bond acceptors (Lipinski definition) is 3. The topological polar surface area (TPSA) is 80.0 Å². The lowest BCUT2D eigenvalue weighted by molar-refractivity contribution is -0.140. The molecule has 0 bridgehead atoms. The SMILES string of the molecule is CN(C)C(=O)C1CCC(CN=C(N)NC2CCCCCC2)O1.I. The highest BCUT2D eigenvalue weighted by Crippen LogP contribution is 2.21. The van der Waals surface area contributed by atoms with Crippen molar-refractivity contribution in [3.05, 3.63) is 0 Å². The van der Waals surface area contributed by atoms with Gasteiger partial charge in [0.25, 0.3) is 5.91 Å². The molecule has 2 aliphatic rings. The lowest BCUT2D eigenvalue weighted by Gasteiger charge is -2.18. The van der Waals surface area contributed by atoms with Crippen LogP contribution in [-0.2, 0) is 9.53 Å². The van der Waals surface area contributed by atoms with Gasteiger partial charge in [-0.1, -0.05) is 25.7 Å². The molecule has 1 amide bonds. The summed E-state index contributed by atoms with van der Waals surface area (Å²) in [4.78, 5) is 17.8. The van der Waals surface area contributed by atoms with Crippen molar-refractivity contribution in [2.24, 2.45) is 10.7 Å². The van der Waals surface area contributed by atoms with Crippen LogP contribution >= 0.6 is 24.0 Å². The fourth-order valence-electron chi connectivity index (χ4n) is 3.19. The second-order valence-electron chi connectivity index (χ2n) is 6.62. The Hall–Kier alpha value is -0.570. The van der Waals surface area contributed by atoms with E-state index in [1.165, 1.54) is 38.5 Å². The Morgan fingerprint density at radius 1 is 1.17 bits per heavy atom. The number of guanidine groups is 1. The van der Waals surface area contributed by atoms with E-state index in [0.29, 0.717) is 18.5 Å². The number of halogens is 1. The van der Waals surface area contributed by atoms with Crippen LogP contribution in [0.1, 0.15) is 51.4 Å². The molecule has 2 fully saturated rings. The van der Waals surface area contributed by atoms with Crippen LogP contribution in [0.3, 0.4) is 0 Å². The molecule has 0 aromatic heterocycles. The fraction of sp³-hybridized carbons (Fsp3) is 0.875. The van der Waals surface area contributed by atoms with E-state index in [2.05, 4.69) is 10.3 Å². The van der Waals surface area contributed by atoms with Crippen LogP contribution in [0.5, 0.6) is 0 Å². The molecule has 7 heteroatoms. The zero-order valence-corrected chi connectivity index (χ0v) is 16.6. The van der Waals surface area contributed by atoms with Crippen molar-refractivity contribution in [2.45, 2.75) is 69.6 Å². The summed E-state index contributed by atoms with van der Waals surface area (Å²) in [7, 11) is 3.51. The van der Waals surface area contributed by atoms with Gasteiger partial charge in [0.05, 0.1) is 12.6 Å². The van der Waals surface area contributed by atoms with E-state index >= 15 is 0 Å². The minimum atomic E-state index is -0.314. The molecule has 2 rings (SSSR count). The van der Waals surface area contributed by atoms with Gasteiger partial charge in [0.2, 0.25) is 0 Å². The average Bonchev–Trinajstić information content (AvgIpc) is 2.82. The summed E-state index contributed by atoms with van der Waals surface area (Å²) in [6.45, 7) is 0.531. The zero-order chi connectivity index (χ0) is 15.9. The summed E-state index contributed by atoms with van der Waals surface area (Å²) in [6.07, 6.45) is 8.87. The number of amides is 1. The first-order valence-corrected chi connectivity index (χ1v) is 8.49. The van der Waals surface area contributed by atoms with Crippen LogP contribution in [0.2, 0.25) is 0 Å². The monoisotopic (exact) mass is 438 g/mol. The molecular weight excluding hydrogens is 407 g/mol. The van der Waals surface area contributed by atoms with Crippen molar-refractivity contribution in [1.29, 1.82) is 0 Å². The smallest absolute Gasteiger partial charge is 0.251 e. The molecule has 1 aliphatic carbocycles. The van der Waals surface area contributed by atoms with Crippen molar-refractivity contribution >= 4 is 35.8 Å². The van der Waals surface area contributed by atoms with Crippen molar-refractivity contribution < 1.29 is 9.53 Å². The largest absolute Gasteiger partial charge is 0.370 e. The van der Waals surface area contributed by atoms with E-state index in [1.807, 2.05) is 0 Å². The molecule has 2 unspecified atom stereocenters. The van der Waals surface area contributed by atoms with E-state index in [1.54, 1.807) is 19.0 Å². The van der Waals surface area contributed by atoms with E-state index < -0.39 is 0 Å². The number of carbonyl (C=O) groups is 1. The summed E-state index contributed by atoms with van der Waals surface area (Å²) in [5.41, 5.74) is 5.98. The van der Waals surface area contributed by atoms with Crippen LogP contribution in [0, 0.1) is 0 Å². The highest BCUT2D eigenvalue weighted by atomic mass is 127. The molecule has 0 aromatic carbocycles. The van der Waals surface area contributed by atoms with Crippen molar-refractivity contribution in [1.82, 2.24) is 10.2 Å². The molecule has 1 saturated heterocycles. The van der Waals surface area contributed by atoms with Gasteiger partial charge in [-0.2, -0.15) is 0 Å². The first-order chi connectivity index (χ1) is 10.6. The minimum absolute atomic E-state index is 0. The first kappa shape index (κ1) is 20.5. The molecule has 0 aromatic rings. The summed E-state index contributed by atoms with van der Waals surface area (Å²) in [5, 5.41) is 3.33. The molecule has 1 saturated carbocycles. The standard InChI is InChI=1S/C16H30N4O2.HI/c1-20(2)15(21)14-10-9-13(22-14)11-18-16(17)19-12-7-5-3-4-6-8-12;/h12-14H,3-11H2,1-2H3,(H3,17,18,19);1H. The third-order valence-corrected chi connectivity index (χ3v) is 4.50. The van der Waals surface area contributed by atoms with E-state index in [0.717, 1.165) is 12.8 Å². The maximum Gasteiger partial charge on any atom is 0.251 e. The molecule has 1 aliphatic heterocycles. The number of carbonyl (C=O) groups excluding carboxylic acids is 1. The van der Waals surface area contributed by atoms with Gasteiger partial charge in [-0.15, -0.1) is 24.0 Å². The number of nitrogens with one attached hydrogen (secondary N) is 1. The molecule has 23 heavy (non-hydrogen) atoms. The van der Waals surface area contributed by atoms with Crippen LogP contribution in [0.4, 0.5) is 0 Å². The van der Waals surface area contributed by atoms with Gasteiger partial charge >= 0.3 is 0 Å². The number of nitrogens with zero attached hydrogens (tertiary/aromatic N) is 2. The van der Waals surface area contributed by atoms with Gasteiger partial charge in [-0.25, -0.2) is 0 Å². The van der Waals surface area contributed by atoms with Crippen LogP contribution in [0.25, 0.3) is 0 Å². The number of aliphatic imine (C=N–C) groups is 1. The van der Waals surface area contributed by atoms with Crippen molar-refractivity contribution in [3.63, 3.8) is 0 Å². The first-order valence-electron chi connectivity index (χ1n) is 8.49. The Balaban J connectivity index is 0.00000264. The van der Waals surface area contributed by atoms with Crippen LogP contribution in [-0.4, -0.2) is 55.7 Å². The molecule has 0 radical (unpaired) electrons. The van der Waals surface area contributed by atoms with Gasteiger partial charge in [0.15, 0.2) is 5.96 Å². The van der Waals surface area contributed by atoms with Gasteiger partial charge in [-0.05, 0) is 25.7 Å². The summed E-state index contributed by atoms with van der Waals surface area (Å²) in [5.74, 6) is 0.550. The van der Waals surface area contributed by atoms with E-state index in [9.17, 15) is 4.79 Å². The summed E-state index contributed by atoms with van der Waals surface area (Å²) in [6, 6.07) is 0.457. The lowest BCUT2D eigenvalue weighted by Crippen LogP contribution is -2.40. The summed E-state index contributed by atoms with van der Waals surface area (Å²) >= 11 is 0. The second kappa shape index (κ2) is 10.3. The number of rotatable bonds is 4. The Morgan fingerprint density at radius 3 is 2.43 bits per heavy atom. The lowest BCUT2D eigenvalue weighted by atomic mass is 10.1. The molecule has 1 heterocycles. The number of likely N-dealkylation sites (N-methyl/N-ethyl adjacent to an activating group) is 1. The molecular formula is C16H31IN4O2. The van der Waals surface area contributed by atoms with Crippen LogP contribution in [0.15, 0.2) is 4.99 Å². The van der Waals surface area contributed by atoms with Gasteiger partial charge in [0, 0.05) is 20.1 Å². The quantitative estimate of drug-likeness (QED) is 0.304. The Bertz CT molecular complexity index is 396. The predicted molar refractivity (Wildman–Crippen MR) is 103 cm³/mol. The molecule has 134 valence electrons. The molecule has 2 atom stereocenters. The highest BCUT2D eigenvalue weighted by molar-refractivity contribution is 14.0.